The van der Waals surface area contributed by atoms with Gasteiger partial charge in [0.25, 0.3) is 0 Å². The van der Waals surface area contributed by atoms with Crippen LogP contribution in [-0.4, -0.2) is 30.3 Å². The van der Waals surface area contributed by atoms with E-state index < -0.39 is 7.25 Å². The van der Waals surface area contributed by atoms with Crippen LogP contribution in [-0.2, 0) is 0 Å². The molecule has 1 heterocycles. The highest BCUT2D eigenvalue weighted by atomic mass is 19.5. The summed E-state index contributed by atoms with van der Waals surface area (Å²) in [4.78, 5) is 2.66. The minimum absolute atomic E-state index is 0.523. The molecule has 0 spiro atoms. The van der Waals surface area contributed by atoms with E-state index in [0.717, 1.165) is 0 Å². The number of anilines is 1. The monoisotopic (exact) mass is 562 g/mol. The molecule has 0 aromatic heterocycles. The summed E-state index contributed by atoms with van der Waals surface area (Å²) >= 11 is 0. The SMILES string of the molecule is CCCCCCC1C(CCCCCC)[N+](c2ccc(C)c(C)c2C)=CN1c1ccc(C)c(C)c1C.F[B-](F)(F)F. The molecule has 0 saturated carbocycles. The third-order valence-corrected chi connectivity index (χ3v) is 8.73. The Labute approximate surface area is 241 Å². The molecule has 0 saturated heterocycles. The molecule has 0 bridgehead atoms. The molecule has 0 amide bonds. The Morgan fingerprint density at radius 2 is 1.15 bits per heavy atom. The number of halogens is 4. The van der Waals surface area contributed by atoms with Crippen molar-refractivity contribution in [2.24, 2.45) is 0 Å². The molecule has 2 aromatic rings. The van der Waals surface area contributed by atoms with E-state index in [1.165, 1.54) is 109 Å². The van der Waals surface area contributed by atoms with Gasteiger partial charge in [-0.05, 0) is 113 Å². The van der Waals surface area contributed by atoms with Gasteiger partial charge in [-0.15, -0.1) is 0 Å². The highest BCUT2D eigenvalue weighted by Crippen LogP contribution is 2.37. The van der Waals surface area contributed by atoms with Crippen molar-refractivity contribution in [2.75, 3.05) is 4.90 Å². The molecular formula is C33H51BF4N2. The molecule has 0 N–H and O–H groups in total. The normalized spacial score (nSPS) is 17.1. The fourth-order valence-electron chi connectivity index (χ4n) is 5.82. The van der Waals surface area contributed by atoms with Crippen LogP contribution < -0.4 is 4.90 Å². The Kier molecular flexibility index (Phi) is 13.2. The number of benzene rings is 2. The third-order valence-electron chi connectivity index (χ3n) is 8.73. The van der Waals surface area contributed by atoms with Crippen molar-refractivity contribution in [3.63, 3.8) is 0 Å². The predicted octanol–water partition coefficient (Wildman–Crippen LogP) is 10.7. The van der Waals surface area contributed by atoms with Gasteiger partial charge in [-0.25, -0.2) is 9.48 Å². The van der Waals surface area contributed by atoms with Crippen molar-refractivity contribution in [2.45, 2.75) is 132 Å². The van der Waals surface area contributed by atoms with Crippen molar-refractivity contribution >= 4 is 25.0 Å². The van der Waals surface area contributed by atoms with E-state index in [-0.39, 0.29) is 0 Å². The number of hydrogen-bond acceptors (Lipinski definition) is 1. The van der Waals surface area contributed by atoms with E-state index in [0.29, 0.717) is 12.1 Å². The molecular weight excluding hydrogens is 511 g/mol. The topological polar surface area (TPSA) is 6.25 Å². The summed E-state index contributed by atoms with van der Waals surface area (Å²) in [6, 6.07) is 10.4. The van der Waals surface area contributed by atoms with E-state index in [1.54, 1.807) is 0 Å². The molecule has 40 heavy (non-hydrogen) atoms. The van der Waals surface area contributed by atoms with Gasteiger partial charge in [0.2, 0.25) is 6.34 Å². The van der Waals surface area contributed by atoms with Crippen LogP contribution in [0.15, 0.2) is 24.3 Å². The molecule has 1 aliphatic rings. The van der Waals surface area contributed by atoms with Crippen LogP contribution >= 0.6 is 0 Å². The molecule has 2 aromatic carbocycles. The van der Waals surface area contributed by atoms with Gasteiger partial charge in [0.05, 0.1) is 0 Å². The van der Waals surface area contributed by atoms with Crippen LogP contribution in [0.5, 0.6) is 0 Å². The fourth-order valence-corrected chi connectivity index (χ4v) is 5.82. The second-order valence-electron chi connectivity index (χ2n) is 11.6. The van der Waals surface area contributed by atoms with Crippen molar-refractivity contribution in [3.05, 3.63) is 57.6 Å². The smallest absolute Gasteiger partial charge is 0.418 e. The highest BCUT2D eigenvalue weighted by Gasteiger charge is 2.43. The van der Waals surface area contributed by atoms with E-state index >= 15 is 0 Å². The Balaban J connectivity index is 0.00000103. The van der Waals surface area contributed by atoms with Gasteiger partial charge in [-0.1, -0.05) is 64.5 Å². The lowest BCUT2D eigenvalue weighted by Crippen LogP contribution is -2.39. The standard InChI is InChI=1S/C33H51N2.BF4/c1-9-11-13-15-17-32-33(18-16-14-12-10-2)35(31-22-20-25(4)27(6)29(31)8)23-34(32)30-21-19-24(3)26(5)28(30)7;2-1(3,4)5/h19-23,32-33H,9-18H2,1-8H3;/q+1;-1. The molecule has 2 unspecified atom stereocenters. The molecule has 7 heteroatoms. The Morgan fingerprint density at radius 3 is 1.70 bits per heavy atom. The zero-order chi connectivity index (χ0) is 30.0. The Morgan fingerprint density at radius 1 is 0.650 bits per heavy atom. The summed E-state index contributed by atoms with van der Waals surface area (Å²) < 4.78 is 41.7. The average molecular weight is 563 g/mol. The largest absolute Gasteiger partial charge is 0.673 e. The fraction of sp³-hybridized carbons (Fsp3) is 0.606. The van der Waals surface area contributed by atoms with E-state index in [4.69, 9.17) is 0 Å². The van der Waals surface area contributed by atoms with Crippen LogP contribution in [0.3, 0.4) is 0 Å². The summed E-state index contributed by atoms with van der Waals surface area (Å²) in [5, 5.41) is 0. The molecule has 0 aliphatic carbocycles. The van der Waals surface area contributed by atoms with E-state index in [2.05, 4.69) is 95.5 Å². The van der Waals surface area contributed by atoms with Gasteiger partial charge in [0.1, 0.15) is 23.5 Å². The number of nitrogens with zero attached hydrogens (tertiary/aromatic N) is 2. The van der Waals surface area contributed by atoms with Gasteiger partial charge in [-0.2, -0.15) is 0 Å². The van der Waals surface area contributed by atoms with Crippen LogP contribution in [0.2, 0.25) is 0 Å². The molecule has 1 aliphatic heterocycles. The summed E-state index contributed by atoms with van der Waals surface area (Å²) in [5.74, 6) is 0. The van der Waals surface area contributed by atoms with Gasteiger partial charge >= 0.3 is 7.25 Å². The number of aryl methyl sites for hydroxylation is 2. The van der Waals surface area contributed by atoms with Gasteiger partial charge in [0, 0.05) is 0 Å². The highest BCUT2D eigenvalue weighted by molar-refractivity contribution is 6.50. The minimum atomic E-state index is -6.00. The van der Waals surface area contributed by atoms with Crippen molar-refractivity contribution in [1.29, 1.82) is 0 Å². The second kappa shape index (κ2) is 15.6. The van der Waals surface area contributed by atoms with Gasteiger partial charge in [0.15, 0.2) is 0 Å². The van der Waals surface area contributed by atoms with Gasteiger partial charge in [-0.3, -0.25) is 0 Å². The molecule has 0 fully saturated rings. The third kappa shape index (κ3) is 9.38. The van der Waals surface area contributed by atoms with Crippen molar-refractivity contribution in [3.8, 4) is 0 Å². The van der Waals surface area contributed by atoms with Crippen molar-refractivity contribution in [1.82, 2.24) is 0 Å². The molecule has 0 radical (unpaired) electrons. The first-order chi connectivity index (χ1) is 18.8. The van der Waals surface area contributed by atoms with Gasteiger partial charge < -0.3 is 17.3 Å². The van der Waals surface area contributed by atoms with Crippen LogP contribution in [0.1, 0.15) is 111 Å². The predicted molar refractivity (Wildman–Crippen MR) is 165 cm³/mol. The van der Waals surface area contributed by atoms with Crippen molar-refractivity contribution < 1.29 is 21.8 Å². The van der Waals surface area contributed by atoms with Crippen LogP contribution in [0, 0.1) is 41.5 Å². The number of rotatable bonds is 12. The lowest BCUT2D eigenvalue weighted by atomic mass is 9.93. The number of hydrogen-bond donors (Lipinski definition) is 0. The van der Waals surface area contributed by atoms with Crippen LogP contribution in [0.25, 0.3) is 0 Å². The molecule has 3 rings (SSSR count). The maximum atomic E-state index is 9.75. The number of unbranched alkanes of at least 4 members (excludes halogenated alkanes) is 6. The summed E-state index contributed by atoms with van der Waals surface area (Å²) in [6.07, 6.45) is 15.6. The molecule has 2 atom stereocenters. The maximum absolute atomic E-state index is 9.75. The molecule has 2 nitrogen and oxygen atoms in total. The quantitative estimate of drug-likeness (QED) is 0.108. The first-order valence-electron chi connectivity index (χ1n) is 15.2. The Bertz CT molecular complexity index is 1120. The molecule has 224 valence electrons. The maximum Gasteiger partial charge on any atom is 0.673 e. The summed E-state index contributed by atoms with van der Waals surface area (Å²) in [6.45, 7) is 18.3. The van der Waals surface area contributed by atoms with E-state index in [9.17, 15) is 17.3 Å². The summed E-state index contributed by atoms with van der Waals surface area (Å²) in [5.41, 5.74) is 11.3. The minimum Gasteiger partial charge on any atom is -0.418 e. The Hall–Kier alpha value is -2.31. The zero-order valence-corrected chi connectivity index (χ0v) is 26.1. The second-order valence-corrected chi connectivity index (χ2v) is 11.6. The summed E-state index contributed by atoms with van der Waals surface area (Å²) in [7, 11) is -6.00. The lowest BCUT2D eigenvalue weighted by Gasteiger charge is -2.25. The lowest BCUT2D eigenvalue weighted by molar-refractivity contribution is -0.476. The zero-order valence-electron chi connectivity index (χ0n) is 26.1. The first-order valence-corrected chi connectivity index (χ1v) is 15.2. The van der Waals surface area contributed by atoms with E-state index in [1.807, 2.05) is 0 Å². The average Bonchev–Trinajstić information content (AvgIpc) is 3.23. The van der Waals surface area contributed by atoms with Crippen LogP contribution in [0.4, 0.5) is 28.6 Å². The first kappa shape index (κ1) is 33.9.